The molecule has 1 aliphatic carbocycles. The normalized spacial score (nSPS) is 24.3. The van der Waals surface area contributed by atoms with Crippen molar-refractivity contribution in [1.82, 2.24) is 15.1 Å². The third-order valence-electron chi connectivity index (χ3n) is 4.68. The molecule has 1 N–H and O–H groups in total. The predicted molar refractivity (Wildman–Crippen MR) is 79.6 cm³/mol. The van der Waals surface area contributed by atoms with Crippen LogP contribution in [0, 0.1) is 5.92 Å². The summed E-state index contributed by atoms with van der Waals surface area (Å²) in [5, 5.41) is 8.11. The van der Waals surface area contributed by atoms with Crippen LogP contribution >= 0.6 is 0 Å². The van der Waals surface area contributed by atoms with Crippen molar-refractivity contribution in [3.63, 3.8) is 0 Å². The molecule has 1 unspecified atom stereocenters. The van der Waals surface area contributed by atoms with Gasteiger partial charge in [0.05, 0.1) is 18.3 Å². The molecule has 3 rings (SSSR count). The van der Waals surface area contributed by atoms with Crippen LogP contribution in [-0.2, 0) is 11.3 Å². The van der Waals surface area contributed by atoms with Crippen molar-refractivity contribution in [3.8, 4) is 0 Å². The molecular weight excluding hydrogens is 250 g/mol. The van der Waals surface area contributed by atoms with E-state index in [1.54, 1.807) is 0 Å². The second kappa shape index (κ2) is 7.23. The van der Waals surface area contributed by atoms with Crippen LogP contribution in [0.3, 0.4) is 0 Å². The van der Waals surface area contributed by atoms with Crippen LogP contribution in [0.1, 0.15) is 56.7 Å². The Morgan fingerprint density at radius 3 is 2.95 bits per heavy atom. The highest BCUT2D eigenvalue weighted by Crippen LogP contribution is 2.28. The highest BCUT2D eigenvalue weighted by Gasteiger charge is 2.17. The SMILES string of the molecule is c1cn(C2CCCC2)nc1COCCC1CCCNC1. The van der Waals surface area contributed by atoms with Crippen molar-refractivity contribution in [3.05, 3.63) is 18.0 Å². The molecule has 1 aromatic heterocycles. The molecule has 20 heavy (non-hydrogen) atoms. The van der Waals surface area contributed by atoms with E-state index in [4.69, 9.17) is 4.74 Å². The molecule has 2 aliphatic rings. The van der Waals surface area contributed by atoms with Gasteiger partial charge in [0.15, 0.2) is 0 Å². The number of hydrogen-bond acceptors (Lipinski definition) is 3. The number of hydrogen-bond donors (Lipinski definition) is 1. The first-order valence-corrected chi connectivity index (χ1v) is 8.24. The summed E-state index contributed by atoms with van der Waals surface area (Å²) < 4.78 is 7.94. The standard InChI is InChI=1S/C16H27N3O/c1-2-6-16(5-1)19-10-7-15(18-19)13-20-11-8-14-4-3-9-17-12-14/h7,10,14,16-17H,1-6,8-9,11-13H2. The van der Waals surface area contributed by atoms with E-state index in [-0.39, 0.29) is 0 Å². The number of piperidine rings is 1. The van der Waals surface area contributed by atoms with Crippen LogP contribution in [-0.4, -0.2) is 29.5 Å². The quantitative estimate of drug-likeness (QED) is 0.813. The highest BCUT2D eigenvalue weighted by molar-refractivity contribution is 4.98. The van der Waals surface area contributed by atoms with Crippen LogP contribution in [0.25, 0.3) is 0 Å². The van der Waals surface area contributed by atoms with Gasteiger partial charge in [-0.3, -0.25) is 4.68 Å². The summed E-state index contributed by atoms with van der Waals surface area (Å²) in [5.41, 5.74) is 1.08. The number of aromatic nitrogens is 2. The maximum absolute atomic E-state index is 5.79. The molecule has 2 fully saturated rings. The van der Waals surface area contributed by atoms with E-state index in [1.807, 2.05) is 0 Å². The summed E-state index contributed by atoms with van der Waals surface area (Å²) in [4.78, 5) is 0. The summed E-state index contributed by atoms with van der Waals surface area (Å²) in [7, 11) is 0. The molecule has 4 nitrogen and oxygen atoms in total. The molecule has 1 aliphatic heterocycles. The minimum atomic E-state index is 0.636. The lowest BCUT2D eigenvalue weighted by Gasteiger charge is -2.22. The first-order valence-electron chi connectivity index (χ1n) is 8.24. The second-order valence-corrected chi connectivity index (χ2v) is 6.28. The van der Waals surface area contributed by atoms with Crippen LogP contribution in [0.2, 0.25) is 0 Å². The molecule has 0 spiro atoms. The van der Waals surface area contributed by atoms with Crippen LogP contribution < -0.4 is 5.32 Å². The smallest absolute Gasteiger partial charge is 0.0906 e. The van der Waals surface area contributed by atoms with E-state index in [0.29, 0.717) is 12.6 Å². The molecule has 1 saturated carbocycles. The van der Waals surface area contributed by atoms with Gasteiger partial charge < -0.3 is 10.1 Å². The third-order valence-corrected chi connectivity index (χ3v) is 4.68. The minimum absolute atomic E-state index is 0.636. The molecule has 4 heteroatoms. The highest BCUT2D eigenvalue weighted by atomic mass is 16.5. The Kier molecular flexibility index (Phi) is 5.09. The second-order valence-electron chi connectivity index (χ2n) is 6.28. The molecule has 2 heterocycles. The average molecular weight is 277 g/mol. The molecular formula is C16H27N3O. The molecule has 1 saturated heterocycles. The predicted octanol–water partition coefficient (Wildman–Crippen LogP) is 2.90. The lowest BCUT2D eigenvalue weighted by molar-refractivity contribution is 0.101. The van der Waals surface area contributed by atoms with E-state index in [0.717, 1.165) is 18.2 Å². The zero-order valence-corrected chi connectivity index (χ0v) is 12.4. The van der Waals surface area contributed by atoms with Gasteiger partial charge in [-0.05, 0) is 57.2 Å². The Morgan fingerprint density at radius 2 is 2.15 bits per heavy atom. The zero-order chi connectivity index (χ0) is 13.6. The fourth-order valence-electron chi connectivity index (χ4n) is 3.42. The van der Waals surface area contributed by atoms with Gasteiger partial charge in [-0.1, -0.05) is 12.8 Å². The fraction of sp³-hybridized carbons (Fsp3) is 0.812. The van der Waals surface area contributed by atoms with E-state index < -0.39 is 0 Å². The number of nitrogens with zero attached hydrogens (tertiary/aromatic N) is 2. The monoisotopic (exact) mass is 277 g/mol. The largest absolute Gasteiger partial charge is 0.375 e. The Balaban J connectivity index is 1.35. The van der Waals surface area contributed by atoms with Gasteiger partial charge in [-0.2, -0.15) is 5.10 Å². The maximum Gasteiger partial charge on any atom is 0.0906 e. The van der Waals surface area contributed by atoms with Crippen LogP contribution in [0.15, 0.2) is 12.3 Å². The average Bonchev–Trinajstić information content (AvgIpc) is 3.15. The zero-order valence-electron chi connectivity index (χ0n) is 12.4. The first-order chi connectivity index (χ1) is 9.92. The van der Waals surface area contributed by atoms with Crippen LogP contribution in [0.5, 0.6) is 0 Å². The van der Waals surface area contributed by atoms with Gasteiger partial charge in [0.2, 0.25) is 0 Å². The summed E-state index contributed by atoms with van der Waals surface area (Å²) in [6, 6.07) is 2.75. The number of rotatable bonds is 6. The Bertz CT molecular complexity index is 392. The molecule has 1 atom stereocenters. The van der Waals surface area contributed by atoms with Crippen molar-refractivity contribution in [2.24, 2.45) is 5.92 Å². The van der Waals surface area contributed by atoms with E-state index in [9.17, 15) is 0 Å². The van der Waals surface area contributed by atoms with Crippen molar-refractivity contribution < 1.29 is 4.74 Å². The van der Waals surface area contributed by atoms with Crippen molar-refractivity contribution in [2.45, 2.75) is 57.6 Å². The topological polar surface area (TPSA) is 39.1 Å². The first kappa shape index (κ1) is 14.1. The lowest BCUT2D eigenvalue weighted by Crippen LogP contribution is -2.30. The van der Waals surface area contributed by atoms with Crippen molar-refractivity contribution >= 4 is 0 Å². The van der Waals surface area contributed by atoms with Gasteiger partial charge in [-0.25, -0.2) is 0 Å². The van der Waals surface area contributed by atoms with Gasteiger partial charge in [-0.15, -0.1) is 0 Å². The van der Waals surface area contributed by atoms with Crippen molar-refractivity contribution in [2.75, 3.05) is 19.7 Å². The minimum Gasteiger partial charge on any atom is -0.375 e. The van der Waals surface area contributed by atoms with E-state index in [2.05, 4.69) is 27.4 Å². The van der Waals surface area contributed by atoms with Gasteiger partial charge in [0.25, 0.3) is 0 Å². The fourth-order valence-corrected chi connectivity index (χ4v) is 3.42. The molecule has 0 aromatic carbocycles. The molecule has 0 radical (unpaired) electrons. The summed E-state index contributed by atoms with van der Waals surface area (Å²) in [6.45, 7) is 3.89. The van der Waals surface area contributed by atoms with E-state index >= 15 is 0 Å². The molecule has 1 aromatic rings. The van der Waals surface area contributed by atoms with Gasteiger partial charge in [0.1, 0.15) is 0 Å². The number of ether oxygens (including phenoxy) is 1. The summed E-state index contributed by atoms with van der Waals surface area (Å²) in [5.74, 6) is 0.805. The Hall–Kier alpha value is -0.870. The molecule has 0 amide bonds. The summed E-state index contributed by atoms with van der Waals surface area (Å²) in [6.07, 6.45) is 11.3. The van der Waals surface area contributed by atoms with Gasteiger partial charge >= 0.3 is 0 Å². The van der Waals surface area contributed by atoms with Crippen LogP contribution in [0.4, 0.5) is 0 Å². The van der Waals surface area contributed by atoms with E-state index in [1.165, 1.54) is 58.0 Å². The third kappa shape index (κ3) is 3.83. The molecule has 112 valence electrons. The number of nitrogens with one attached hydrogen (secondary N) is 1. The maximum atomic E-state index is 5.79. The Labute approximate surface area is 121 Å². The van der Waals surface area contributed by atoms with Gasteiger partial charge in [0, 0.05) is 12.8 Å². The lowest BCUT2D eigenvalue weighted by atomic mass is 9.97. The molecule has 0 bridgehead atoms. The van der Waals surface area contributed by atoms with Crippen molar-refractivity contribution in [1.29, 1.82) is 0 Å². The Morgan fingerprint density at radius 1 is 1.25 bits per heavy atom. The summed E-state index contributed by atoms with van der Waals surface area (Å²) >= 11 is 0.